The van der Waals surface area contributed by atoms with Crippen molar-refractivity contribution in [3.05, 3.63) is 30.5 Å². The number of hydrogen-bond acceptors (Lipinski definition) is 7. The number of benzene rings is 1. The van der Waals surface area contributed by atoms with Crippen molar-refractivity contribution in [3.8, 4) is 5.75 Å². The minimum atomic E-state index is -0.893. The first kappa shape index (κ1) is 26.8. The average Bonchev–Trinajstić information content (AvgIpc) is 3.25. The number of amides is 3. The Morgan fingerprint density at radius 1 is 1.23 bits per heavy atom. The molecule has 1 fully saturated rings. The number of rotatable bonds is 11. The van der Waals surface area contributed by atoms with Crippen molar-refractivity contribution in [2.75, 3.05) is 29.5 Å². The average molecular weight is 521 g/mol. The molecule has 11 heteroatoms. The molecule has 190 valence electrons. The number of hydrogen-bond donors (Lipinski definition) is 3. The highest BCUT2D eigenvalue weighted by atomic mass is 32.2. The lowest BCUT2D eigenvalue weighted by Crippen LogP contribution is -2.45. The fourth-order valence-electron chi connectivity index (χ4n) is 3.98. The summed E-state index contributed by atoms with van der Waals surface area (Å²) >= 11 is 2.46. The summed E-state index contributed by atoms with van der Waals surface area (Å²) in [7, 11) is 0. The normalized spacial score (nSPS) is 17.4. The van der Waals surface area contributed by atoms with Gasteiger partial charge in [-0.15, -0.1) is 11.8 Å². The van der Waals surface area contributed by atoms with E-state index >= 15 is 0 Å². The maximum absolute atomic E-state index is 13.2. The number of carbonyl (C=O) groups is 3. The first-order valence-electron chi connectivity index (χ1n) is 11.7. The Kier molecular flexibility index (Phi) is 10.2. The number of carboxylic acid groups (broad SMARTS) is 1. The van der Waals surface area contributed by atoms with Crippen molar-refractivity contribution in [2.45, 2.75) is 56.2 Å². The van der Waals surface area contributed by atoms with Crippen LogP contribution in [0.5, 0.6) is 5.75 Å². The SMILES string of the molecule is CC(=O)Nc1cccc(OCCCN(C(=O)Nc2ncc(SCC(=O)O)s2)[C@H]2CC[C@H](C)CC2)c1. The summed E-state index contributed by atoms with van der Waals surface area (Å²) in [4.78, 5) is 41.3. The smallest absolute Gasteiger partial charge is 0.323 e. The fraction of sp³-hybridized carbons (Fsp3) is 0.500. The van der Waals surface area contributed by atoms with E-state index in [4.69, 9.17) is 9.84 Å². The third kappa shape index (κ3) is 9.06. The lowest BCUT2D eigenvalue weighted by molar-refractivity contribution is -0.133. The molecule has 9 nitrogen and oxygen atoms in total. The molecule has 3 amide bonds. The number of thioether (sulfide) groups is 1. The van der Waals surface area contributed by atoms with E-state index in [-0.39, 0.29) is 23.7 Å². The molecule has 1 aliphatic carbocycles. The molecule has 0 atom stereocenters. The van der Waals surface area contributed by atoms with E-state index in [9.17, 15) is 14.4 Å². The number of nitrogens with zero attached hydrogens (tertiary/aromatic N) is 2. The Hall–Kier alpha value is -2.79. The van der Waals surface area contributed by atoms with Gasteiger partial charge in [0, 0.05) is 31.3 Å². The molecule has 1 aromatic carbocycles. The van der Waals surface area contributed by atoms with Gasteiger partial charge in [-0.2, -0.15) is 0 Å². The molecule has 1 heterocycles. The molecule has 1 aliphatic rings. The van der Waals surface area contributed by atoms with Gasteiger partial charge in [0.2, 0.25) is 5.91 Å². The van der Waals surface area contributed by atoms with E-state index < -0.39 is 5.97 Å². The third-order valence-electron chi connectivity index (χ3n) is 5.69. The van der Waals surface area contributed by atoms with E-state index in [0.717, 1.165) is 29.9 Å². The van der Waals surface area contributed by atoms with Gasteiger partial charge in [-0.3, -0.25) is 14.9 Å². The molecule has 0 aliphatic heterocycles. The molecular formula is C24H32N4O5S2. The van der Waals surface area contributed by atoms with Gasteiger partial charge in [-0.05, 0) is 50.2 Å². The molecule has 1 aromatic heterocycles. The summed E-state index contributed by atoms with van der Waals surface area (Å²) in [5.41, 5.74) is 0.677. The predicted molar refractivity (Wildman–Crippen MR) is 138 cm³/mol. The van der Waals surface area contributed by atoms with Crippen molar-refractivity contribution in [1.29, 1.82) is 0 Å². The first-order chi connectivity index (χ1) is 16.8. The van der Waals surface area contributed by atoms with Crippen LogP contribution in [0.25, 0.3) is 0 Å². The van der Waals surface area contributed by atoms with Gasteiger partial charge >= 0.3 is 12.0 Å². The number of anilines is 2. The minimum Gasteiger partial charge on any atom is -0.493 e. The fourth-order valence-corrected chi connectivity index (χ4v) is 5.56. The topological polar surface area (TPSA) is 121 Å². The molecule has 0 bridgehead atoms. The van der Waals surface area contributed by atoms with E-state index in [1.165, 1.54) is 30.0 Å². The Bertz CT molecular complexity index is 1010. The van der Waals surface area contributed by atoms with Crippen LogP contribution in [0.3, 0.4) is 0 Å². The Morgan fingerprint density at radius 3 is 2.71 bits per heavy atom. The highest BCUT2D eigenvalue weighted by Crippen LogP contribution is 2.30. The zero-order valence-electron chi connectivity index (χ0n) is 20.0. The van der Waals surface area contributed by atoms with Gasteiger partial charge in [0.15, 0.2) is 5.13 Å². The predicted octanol–water partition coefficient (Wildman–Crippen LogP) is 5.16. The summed E-state index contributed by atoms with van der Waals surface area (Å²) in [6.45, 7) is 4.68. The van der Waals surface area contributed by atoms with Crippen LogP contribution in [0.2, 0.25) is 0 Å². The van der Waals surface area contributed by atoms with Gasteiger partial charge in [0.25, 0.3) is 0 Å². The van der Waals surface area contributed by atoms with Crippen LogP contribution in [0.15, 0.2) is 34.7 Å². The lowest BCUT2D eigenvalue weighted by atomic mass is 9.86. The monoisotopic (exact) mass is 520 g/mol. The van der Waals surface area contributed by atoms with Crippen molar-refractivity contribution >= 4 is 51.8 Å². The largest absolute Gasteiger partial charge is 0.493 e. The van der Waals surface area contributed by atoms with Gasteiger partial charge in [0.05, 0.1) is 22.8 Å². The number of urea groups is 1. The zero-order valence-corrected chi connectivity index (χ0v) is 21.6. The number of aromatic nitrogens is 1. The molecule has 35 heavy (non-hydrogen) atoms. The summed E-state index contributed by atoms with van der Waals surface area (Å²) in [5, 5.41) is 14.9. The van der Waals surface area contributed by atoms with Crippen LogP contribution in [0.1, 0.15) is 46.0 Å². The first-order valence-corrected chi connectivity index (χ1v) is 13.5. The Labute approximate surface area is 213 Å². The van der Waals surface area contributed by atoms with E-state index in [1.807, 2.05) is 17.0 Å². The number of ether oxygens (including phenoxy) is 1. The number of carbonyl (C=O) groups excluding carboxylic acids is 2. The van der Waals surface area contributed by atoms with Crippen LogP contribution in [0, 0.1) is 5.92 Å². The van der Waals surface area contributed by atoms with E-state index in [1.54, 1.807) is 18.3 Å². The molecule has 0 spiro atoms. The van der Waals surface area contributed by atoms with Gasteiger partial charge in [-0.1, -0.05) is 24.3 Å². The molecule has 0 radical (unpaired) electrons. The molecule has 2 aromatic rings. The number of aliphatic carboxylic acids is 1. The minimum absolute atomic E-state index is 0.0459. The van der Waals surface area contributed by atoms with Crippen molar-refractivity contribution < 1.29 is 24.2 Å². The quantitative estimate of drug-likeness (QED) is 0.276. The van der Waals surface area contributed by atoms with Gasteiger partial charge in [0.1, 0.15) is 5.75 Å². The van der Waals surface area contributed by atoms with E-state index in [2.05, 4.69) is 22.5 Å². The summed E-state index contributed by atoms with van der Waals surface area (Å²) in [6.07, 6.45) is 6.35. The van der Waals surface area contributed by atoms with Crippen molar-refractivity contribution in [2.24, 2.45) is 5.92 Å². The molecule has 3 N–H and O–H groups in total. The van der Waals surface area contributed by atoms with Crippen molar-refractivity contribution in [3.63, 3.8) is 0 Å². The van der Waals surface area contributed by atoms with Crippen LogP contribution in [-0.2, 0) is 9.59 Å². The zero-order chi connectivity index (χ0) is 25.2. The molecule has 3 rings (SSSR count). The van der Waals surface area contributed by atoms with Gasteiger partial charge < -0.3 is 20.1 Å². The maximum atomic E-state index is 13.2. The maximum Gasteiger partial charge on any atom is 0.323 e. The molecule has 0 saturated heterocycles. The number of nitrogens with one attached hydrogen (secondary N) is 2. The summed E-state index contributed by atoms with van der Waals surface area (Å²) in [5.74, 6) is 0.251. The molecule has 0 unspecified atom stereocenters. The molecular weight excluding hydrogens is 488 g/mol. The second kappa shape index (κ2) is 13.3. The molecule has 1 saturated carbocycles. The number of carboxylic acids is 1. The van der Waals surface area contributed by atoms with Gasteiger partial charge in [-0.25, -0.2) is 9.78 Å². The summed E-state index contributed by atoms with van der Waals surface area (Å²) in [6, 6.07) is 7.20. The van der Waals surface area contributed by atoms with E-state index in [0.29, 0.717) is 42.1 Å². The Morgan fingerprint density at radius 2 is 2.00 bits per heavy atom. The second-order valence-corrected chi connectivity index (χ2v) is 10.9. The highest BCUT2D eigenvalue weighted by molar-refractivity contribution is 8.01. The van der Waals surface area contributed by atoms with Crippen molar-refractivity contribution in [1.82, 2.24) is 9.88 Å². The highest BCUT2D eigenvalue weighted by Gasteiger charge is 2.28. The number of thiazole rings is 1. The lowest BCUT2D eigenvalue weighted by Gasteiger charge is -2.36. The second-order valence-electron chi connectivity index (χ2n) is 8.62. The van der Waals surface area contributed by atoms with Crippen LogP contribution >= 0.6 is 23.1 Å². The standard InChI is InChI=1S/C24H32N4O5S2/c1-16-7-9-19(10-8-16)28(24(32)27-23-25-14-22(35-23)34-15-21(30)31)11-4-12-33-20-6-3-5-18(13-20)26-17(2)29/h3,5-6,13-14,16,19H,4,7-12,15H2,1-2H3,(H,26,29)(H,30,31)(H,25,27,32)/t16-,19-. The van der Waals surface area contributed by atoms with Crippen LogP contribution < -0.4 is 15.4 Å². The van der Waals surface area contributed by atoms with Crippen LogP contribution in [0.4, 0.5) is 15.6 Å². The Balaban J connectivity index is 1.56. The van der Waals surface area contributed by atoms with Crippen LogP contribution in [-0.4, -0.2) is 57.8 Å². The summed E-state index contributed by atoms with van der Waals surface area (Å²) < 4.78 is 6.61. The third-order valence-corrected chi connectivity index (χ3v) is 7.78.